The van der Waals surface area contributed by atoms with Gasteiger partial charge >= 0.3 is 6.03 Å². The fraction of sp³-hybridized carbons (Fsp3) is 0.125. The average molecular weight is 334 g/mol. The van der Waals surface area contributed by atoms with Gasteiger partial charge < -0.3 is 21.1 Å². The third kappa shape index (κ3) is 4.14. The van der Waals surface area contributed by atoms with Crippen LogP contribution in [0.4, 0.5) is 16.2 Å². The summed E-state index contributed by atoms with van der Waals surface area (Å²) in [5, 5.41) is 5.75. The number of carbonyl (C=O) groups is 2. The van der Waals surface area contributed by atoms with Crippen LogP contribution in [0.25, 0.3) is 0 Å². The Hall–Kier alpha value is -2.73. The van der Waals surface area contributed by atoms with Gasteiger partial charge in [0.1, 0.15) is 5.75 Å². The number of amides is 3. The highest BCUT2D eigenvalue weighted by Crippen LogP contribution is 2.31. The molecular weight excluding hydrogens is 318 g/mol. The van der Waals surface area contributed by atoms with E-state index in [9.17, 15) is 9.59 Å². The van der Waals surface area contributed by atoms with Gasteiger partial charge in [-0.25, -0.2) is 4.79 Å². The van der Waals surface area contributed by atoms with Crippen molar-refractivity contribution in [3.05, 3.63) is 52.5 Å². The molecule has 0 saturated heterocycles. The van der Waals surface area contributed by atoms with Crippen molar-refractivity contribution < 1.29 is 14.3 Å². The number of urea groups is 1. The van der Waals surface area contributed by atoms with Gasteiger partial charge in [-0.2, -0.15) is 0 Å². The van der Waals surface area contributed by atoms with Gasteiger partial charge in [0.2, 0.25) is 0 Å². The number of rotatable bonds is 4. The molecule has 0 heterocycles. The molecule has 0 aliphatic carbocycles. The number of aryl methyl sites for hydroxylation is 1. The van der Waals surface area contributed by atoms with Crippen LogP contribution in [0, 0.1) is 6.92 Å². The number of benzene rings is 2. The van der Waals surface area contributed by atoms with E-state index in [1.807, 2.05) is 6.92 Å². The molecule has 6 nitrogen and oxygen atoms in total. The molecule has 0 aromatic heterocycles. The van der Waals surface area contributed by atoms with E-state index in [4.69, 9.17) is 22.1 Å². The molecule has 0 unspecified atom stereocenters. The van der Waals surface area contributed by atoms with Gasteiger partial charge in [0, 0.05) is 22.3 Å². The topological polar surface area (TPSA) is 93.4 Å². The Kier molecular flexibility index (Phi) is 5.08. The standard InChI is InChI=1S/C16H16ClN3O3/c1-9-7-13(14(23-2)8-12(9)17)20-15(21)10-3-5-11(6-4-10)19-16(18)22/h3-8H,1-2H3,(H,20,21)(H3,18,19,22). The lowest BCUT2D eigenvalue weighted by molar-refractivity contribution is 0.102. The number of methoxy groups -OCH3 is 1. The summed E-state index contributed by atoms with van der Waals surface area (Å²) in [6, 6.07) is 9.05. The fourth-order valence-corrected chi connectivity index (χ4v) is 2.13. The number of nitrogens with one attached hydrogen (secondary N) is 2. The highest BCUT2D eigenvalue weighted by Gasteiger charge is 2.12. The quantitative estimate of drug-likeness (QED) is 0.800. The Bertz CT molecular complexity index is 745. The minimum Gasteiger partial charge on any atom is -0.495 e. The Morgan fingerprint density at radius 1 is 1.13 bits per heavy atom. The average Bonchev–Trinajstić information content (AvgIpc) is 2.50. The summed E-state index contributed by atoms with van der Waals surface area (Å²) >= 11 is 6.04. The van der Waals surface area contributed by atoms with Crippen molar-refractivity contribution in [2.75, 3.05) is 17.7 Å². The van der Waals surface area contributed by atoms with Gasteiger partial charge in [-0.1, -0.05) is 11.6 Å². The highest BCUT2D eigenvalue weighted by atomic mass is 35.5. The summed E-state index contributed by atoms with van der Waals surface area (Å²) in [5.41, 5.74) is 7.31. The van der Waals surface area contributed by atoms with Crippen molar-refractivity contribution in [2.45, 2.75) is 6.92 Å². The monoisotopic (exact) mass is 333 g/mol. The lowest BCUT2D eigenvalue weighted by atomic mass is 10.1. The smallest absolute Gasteiger partial charge is 0.316 e. The highest BCUT2D eigenvalue weighted by molar-refractivity contribution is 6.31. The lowest BCUT2D eigenvalue weighted by Gasteiger charge is -2.12. The van der Waals surface area contributed by atoms with E-state index in [1.54, 1.807) is 36.4 Å². The van der Waals surface area contributed by atoms with Crippen LogP contribution in [0.5, 0.6) is 5.75 Å². The normalized spacial score (nSPS) is 10.0. The predicted molar refractivity (Wildman–Crippen MR) is 90.3 cm³/mol. The lowest BCUT2D eigenvalue weighted by Crippen LogP contribution is -2.19. The van der Waals surface area contributed by atoms with Gasteiger partial charge in [0.25, 0.3) is 5.91 Å². The number of halogens is 1. The first-order chi connectivity index (χ1) is 10.9. The minimum atomic E-state index is -0.663. The van der Waals surface area contributed by atoms with Crippen molar-refractivity contribution in [1.29, 1.82) is 0 Å². The summed E-state index contributed by atoms with van der Waals surface area (Å²) < 4.78 is 5.22. The largest absolute Gasteiger partial charge is 0.495 e. The van der Waals surface area contributed by atoms with E-state index in [1.165, 1.54) is 7.11 Å². The molecular formula is C16H16ClN3O3. The molecule has 0 atom stereocenters. The summed E-state index contributed by atoms with van der Waals surface area (Å²) in [6.45, 7) is 1.84. The Morgan fingerprint density at radius 3 is 2.35 bits per heavy atom. The van der Waals surface area contributed by atoms with E-state index < -0.39 is 6.03 Å². The molecule has 0 aliphatic rings. The number of hydrogen-bond acceptors (Lipinski definition) is 3. The molecule has 3 amide bonds. The minimum absolute atomic E-state index is 0.310. The van der Waals surface area contributed by atoms with Crippen LogP contribution >= 0.6 is 11.6 Å². The molecule has 0 spiro atoms. The number of carbonyl (C=O) groups excluding carboxylic acids is 2. The van der Waals surface area contributed by atoms with Crippen LogP contribution in [0.15, 0.2) is 36.4 Å². The van der Waals surface area contributed by atoms with Crippen molar-refractivity contribution in [1.82, 2.24) is 0 Å². The molecule has 7 heteroatoms. The fourth-order valence-electron chi connectivity index (χ4n) is 1.97. The maximum Gasteiger partial charge on any atom is 0.316 e. The van der Waals surface area contributed by atoms with Crippen LogP contribution in [-0.2, 0) is 0 Å². The second-order valence-electron chi connectivity index (χ2n) is 4.82. The van der Waals surface area contributed by atoms with Crippen molar-refractivity contribution in [2.24, 2.45) is 5.73 Å². The Labute approximate surface area is 138 Å². The Morgan fingerprint density at radius 2 is 1.78 bits per heavy atom. The van der Waals surface area contributed by atoms with Crippen molar-refractivity contribution in [3.63, 3.8) is 0 Å². The van der Waals surface area contributed by atoms with Crippen molar-refractivity contribution >= 4 is 34.9 Å². The third-order valence-corrected chi connectivity index (χ3v) is 3.55. The molecule has 0 aliphatic heterocycles. The zero-order valence-corrected chi connectivity index (χ0v) is 13.4. The van der Waals surface area contributed by atoms with Gasteiger partial charge in [0.15, 0.2) is 0 Å². The molecule has 4 N–H and O–H groups in total. The SMILES string of the molecule is COc1cc(Cl)c(C)cc1NC(=O)c1ccc(NC(N)=O)cc1. The molecule has 2 aromatic rings. The van der Waals surface area contributed by atoms with Crippen LogP contribution in [0.1, 0.15) is 15.9 Å². The van der Waals surface area contributed by atoms with Crippen LogP contribution in [0.3, 0.4) is 0 Å². The van der Waals surface area contributed by atoms with Crippen LogP contribution in [0.2, 0.25) is 5.02 Å². The third-order valence-electron chi connectivity index (χ3n) is 3.14. The van der Waals surface area contributed by atoms with Gasteiger partial charge in [-0.15, -0.1) is 0 Å². The molecule has 0 bridgehead atoms. The van der Waals surface area contributed by atoms with Gasteiger partial charge in [0.05, 0.1) is 12.8 Å². The first kappa shape index (κ1) is 16.6. The van der Waals surface area contributed by atoms with E-state index in [0.717, 1.165) is 5.56 Å². The second kappa shape index (κ2) is 7.02. The van der Waals surface area contributed by atoms with Crippen molar-refractivity contribution in [3.8, 4) is 5.75 Å². The number of ether oxygens (including phenoxy) is 1. The Balaban J connectivity index is 2.19. The molecule has 0 fully saturated rings. The first-order valence-electron chi connectivity index (χ1n) is 6.72. The maximum atomic E-state index is 12.3. The van der Waals surface area contributed by atoms with E-state index in [-0.39, 0.29) is 5.91 Å². The zero-order valence-electron chi connectivity index (χ0n) is 12.6. The van der Waals surface area contributed by atoms with Gasteiger partial charge in [-0.3, -0.25) is 4.79 Å². The molecule has 0 saturated carbocycles. The maximum absolute atomic E-state index is 12.3. The second-order valence-corrected chi connectivity index (χ2v) is 5.23. The number of primary amides is 1. The predicted octanol–water partition coefficient (Wildman–Crippen LogP) is 3.40. The zero-order chi connectivity index (χ0) is 17.0. The van der Waals surface area contributed by atoms with Gasteiger partial charge in [-0.05, 0) is 42.8 Å². The number of nitrogens with two attached hydrogens (primary N) is 1. The number of anilines is 2. The summed E-state index contributed by atoms with van der Waals surface area (Å²) in [4.78, 5) is 23.1. The molecule has 120 valence electrons. The van der Waals surface area contributed by atoms with Crippen LogP contribution in [-0.4, -0.2) is 19.0 Å². The molecule has 2 aromatic carbocycles. The molecule has 23 heavy (non-hydrogen) atoms. The van der Waals surface area contributed by atoms with E-state index >= 15 is 0 Å². The summed E-state index contributed by atoms with van der Waals surface area (Å²) in [6.07, 6.45) is 0. The molecule has 2 rings (SSSR count). The van der Waals surface area contributed by atoms with E-state index in [2.05, 4.69) is 10.6 Å². The van der Waals surface area contributed by atoms with Crippen LogP contribution < -0.4 is 21.1 Å². The number of hydrogen-bond donors (Lipinski definition) is 3. The summed E-state index contributed by atoms with van der Waals surface area (Å²) in [7, 11) is 1.50. The van der Waals surface area contributed by atoms with E-state index in [0.29, 0.717) is 27.7 Å². The first-order valence-corrected chi connectivity index (χ1v) is 7.10. The molecule has 0 radical (unpaired) electrons. The summed E-state index contributed by atoms with van der Waals surface area (Å²) in [5.74, 6) is 0.164.